The summed E-state index contributed by atoms with van der Waals surface area (Å²) in [5.41, 5.74) is 0.617. The molecule has 0 aliphatic rings. The minimum Gasteiger partial charge on any atom is -0.504 e. The van der Waals surface area contributed by atoms with E-state index in [-0.39, 0.29) is 6.42 Å². The van der Waals surface area contributed by atoms with Crippen molar-refractivity contribution in [2.45, 2.75) is 18.2 Å². The first-order chi connectivity index (χ1) is 10.3. The average Bonchev–Trinajstić information content (AvgIpc) is 2.44. The highest BCUT2D eigenvalue weighted by Crippen LogP contribution is 2.35. The summed E-state index contributed by atoms with van der Waals surface area (Å²) in [5, 5.41) is 40.4. The van der Waals surface area contributed by atoms with Crippen molar-refractivity contribution in [1.29, 1.82) is 0 Å². The number of thiol groups is 1. The van der Waals surface area contributed by atoms with E-state index in [0.717, 1.165) is 0 Å². The minimum atomic E-state index is -1.23. The number of rotatable bonds is 8. The summed E-state index contributed by atoms with van der Waals surface area (Å²) in [5.74, 6) is -3.02. The van der Waals surface area contributed by atoms with Gasteiger partial charge in [-0.2, -0.15) is 0 Å². The minimum absolute atomic E-state index is 0.0937. The van der Waals surface area contributed by atoms with E-state index in [4.69, 9.17) is 5.11 Å². The van der Waals surface area contributed by atoms with Crippen LogP contribution >= 0.6 is 12.6 Å². The lowest BCUT2D eigenvalue weighted by Gasteiger charge is -2.09. The number of carbonyl (C=O) groups is 2. The Hall–Kier alpha value is -2.13. The predicted molar refractivity (Wildman–Crippen MR) is 81.2 cm³/mol. The largest absolute Gasteiger partial charge is 0.504 e. The van der Waals surface area contributed by atoms with Gasteiger partial charge in [0.15, 0.2) is 22.6 Å². The number of carboxylic acid groups (broad SMARTS) is 1. The summed E-state index contributed by atoms with van der Waals surface area (Å²) in [6.45, 7) is 0.808. The Morgan fingerprint density at radius 3 is 2.27 bits per heavy atom. The number of aromatic hydroxyl groups is 3. The molecule has 0 spiro atoms. The normalized spacial score (nSPS) is 11.9. The molecule has 0 aromatic heterocycles. The molecule has 1 unspecified atom stereocenters. The fourth-order valence-electron chi connectivity index (χ4n) is 1.65. The molecule has 9 heteroatoms. The van der Waals surface area contributed by atoms with Gasteiger partial charge in [-0.1, -0.05) is 0 Å². The molecule has 0 saturated carbocycles. The lowest BCUT2D eigenvalue weighted by molar-refractivity contribution is -0.139. The second-order valence-electron chi connectivity index (χ2n) is 4.54. The quantitative estimate of drug-likeness (QED) is 0.151. The summed E-state index contributed by atoms with van der Waals surface area (Å²) in [7, 11) is 0. The van der Waals surface area contributed by atoms with Gasteiger partial charge in [-0.25, -0.2) is 4.79 Å². The van der Waals surface area contributed by atoms with Crippen LogP contribution in [0.5, 0.6) is 17.2 Å². The highest BCUT2D eigenvalue weighted by molar-refractivity contribution is 7.81. The monoisotopic (exact) mass is 330 g/mol. The van der Waals surface area contributed by atoms with E-state index in [1.807, 2.05) is 0 Å². The fourth-order valence-corrected chi connectivity index (χ4v) is 1.80. The fraction of sp³-hybridized carbons (Fsp3) is 0.385. The number of hydrogen-bond donors (Lipinski definition) is 7. The van der Waals surface area contributed by atoms with Crippen LogP contribution < -0.4 is 10.6 Å². The molecule has 0 saturated heterocycles. The van der Waals surface area contributed by atoms with E-state index in [9.17, 15) is 24.9 Å². The average molecular weight is 330 g/mol. The number of benzene rings is 1. The third-order valence-corrected chi connectivity index (χ3v) is 3.13. The number of phenols is 3. The zero-order valence-electron chi connectivity index (χ0n) is 11.6. The Kier molecular flexibility index (Phi) is 6.80. The summed E-state index contributed by atoms with van der Waals surface area (Å²) in [4.78, 5) is 21.8. The maximum Gasteiger partial charge on any atom is 0.336 e. The smallest absolute Gasteiger partial charge is 0.336 e. The molecule has 122 valence electrons. The molecular weight excluding hydrogens is 312 g/mol. The summed E-state index contributed by atoms with van der Waals surface area (Å²) >= 11 is 3.68. The van der Waals surface area contributed by atoms with Gasteiger partial charge in [0.2, 0.25) is 5.91 Å². The number of aliphatic carboxylic acids is 1. The van der Waals surface area contributed by atoms with Crippen molar-refractivity contribution in [2.75, 3.05) is 13.1 Å². The first kappa shape index (κ1) is 17.9. The van der Waals surface area contributed by atoms with E-state index in [0.29, 0.717) is 25.1 Å². The zero-order valence-corrected chi connectivity index (χ0v) is 12.5. The zero-order chi connectivity index (χ0) is 16.7. The highest BCUT2D eigenvalue weighted by Gasteiger charge is 2.14. The molecule has 0 radical (unpaired) electrons. The Balaban J connectivity index is 2.26. The molecule has 1 aromatic carbocycles. The summed E-state index contributed by atoms with van der Waals surface area (Å²) < 4.78 is 0. The van der Waals surface area contributed by atoms with Crippen molar-refractivity contribution < 1.29 is 30.0 Å². The Morgan fingerprint density at radius 2 is 1.73 bits per heavy atom. The van der Waals surface area contributed by atoms with Crippen molar-refractivity contribution in [1.82, 2.24) is 10.6 Å². The van der Waals surface area contributed by atoms with Crippen LogP contribution in [0.2, 0.25) is 0 Å². The van der Waals surface area contributed by atoms with E-state index < -0.39 is 34.5 Å². The van der Waals surface area contributed by atoms with Crippen LogP contribution in [0.4, 0.5) is 0 Å². The summed E-state index contributed by atoms with van der Waals surface area (Å²) in [6, 6.07) is 2.67. The van der Waals surface area contributed by atoms with E-state index >= 15 is 0 Å². The van der Waals surface area contributed by atoms with Crippen LogP contribution in [0.15, 0.2) is 12.1 Å². The SMILES string of the molecule is O=C(CCNCCc1cc(O)c(O)c(O)c1)NC(S)C(=O)O. The van der Waals surface area contributed by atoms with Crippen LogP contribution in [0.25, 0.3) is 0 Å². The third kappa shape index (κ3) is 5.70. The Morgan fingerprint density at radius 1 is 1.14 bits per heavy atom. The van der Waals surface area contributed by atoms with Crippen LogP contribution in [-0.2, 0) is 16.0 Å². The predicted octanol–water partition coefficient (Wildman–Crippen LogP) is -0.218. The molecule has 0 heterocycles. The molecule has 0 aliphatic carbocycles. The van der Waals surface area contributed by atoms with Crippen molar-refractivity contribution in [3.8, 4) is 17.2 Å². The lowest BCUT2D eigenvalue weighted by atomic mass is 10.1. The van der Waals surface area contributed by atoms with Gasteiger partial charge >= 0.3 is 5.97 Å². The lowest BCUT2D eigenvalue weighted by Crippen LogP contribution is -2.38. The standard InChI is InChI=1S/C13H18N2O6S/c16-8-5-7(6-9(17)11(8)19)1-3-14-4-2-10(18)15-12(22)13(20)21/h5-6,12,14,16-17,19,22H,1-4H2,(H,15,18)(H,20,21). The summed E-state index contributed by atoms with van der Waals surface area (Å²) in [6.07, 6.45) is 0.559. The maximum absolute atomic E-state index is 11.4. The second kappa shape index (κ2) is 8.35. The molecule has 0 bridgehead atoms. The van der Waals surface area contributed by atoms with Gasteiger partial charge in [0.05, 0.1) is 0 Å². The number of phenolic OH excluding ortho intramolecular Hbond substituents is 3. The topological polar surface area (TPSA) is 139 Å². The number of hydrogen-bond acceptors (Lipinski definition) is 7. The van der Waals surface area contributed by atoms with Gasteiger partial charge in [-0.15, -0.1) is 12.6 Å². The number of carbonyl (C=O) groups excluding carboxylic acids is 1. The number of nitrogens with one attached hydrogen (secondary N) is 2. The van der Waals surface area contributed by atoms with Crippen LogP contribution in [0.1, 0.15) is 12.0 Å². The molecular formula is C13H18N2O6S. The molecule has 0 fully saturated rings. The van der Waals surface area contributed by atoms with Gasteiger partial charge in [-0.05, 0) is 30.7 Å². The molecule has 1 aromatic rings. The highest BCUT2D eigenvalue weighted by atomic mass is 32.1. The van der Waals surface area contributed by atoms with Crippen LogP contribution in [0, 0.1) is 0 Å². The molecule has 1 rings (SSSR count). The Labute approximate surface area is 132 Å². The maximum atomic E-state index is 11.4. The van der Waals surface area contributed by atoms with Crippen molar-refractivity contribution in [3.63, 3.8) is 0 Å². The molecule has 6 N–H and O–H groups in total. The van der Waals surface area contributed by atoms with Crippen LogP contribution in [0.3, 0.4) is 0 Å². The van der Waals surface area contributed by atoms with Gasteiger partial charge in [0.1, 0.15) is 0 Å². The first-order valence-electron chi connectivity index (χ1n) is 6.46. The molecule has 22 heavy (non-hydrogen) atoms. The molecule has 1 atom stereocenters. The van der Waals surface area contributed by atoms with Gasteiger partial charge in [0.25, 0.3) is 0 Å². The van der Waals surface area contributed by atoms with Crippen LogP contribution in [-0.4, -0.2) is 50.8 Å². The van der Waals surface area contributed by atoms with Gasteiger partial charge in [0, 0.05) is 13.0 Å². The van der Waals surface area contributed by atoms with Gasteiger partial charge in [-0.3, -0.25) is 4.79 Å². The van der Waals surface area contributed by atoms with E-state index in [1.54, 1.807) is 0 Å². The van der Waals surface area contributed by atoms with E-state index in [2.05, 4.69) is 23.3 Å². The van der Waals surface area contributed by atoms with Crippen molar-refractivity contribution in [2.24, 2.45) is 0 Å². The molecule has 1 amide bonds. The van der Waals surface area contributed by atoms with E-state index in [1.165, 1.54) is 12.1 Å². The Bertz CT molecular complexity index is 528. The molecule has 0 aliphatic heterocycles. The first-order valence-corrected chi connectivity index (χ1v) is 6.97. The van der Waals surface area contributed by atoms with Gasteiger partial charge < -0.3 is 31.1 Å². The second-order valence-corrected chi connectivity index (χ2v) is 5.06. The third-order valence-electron chi connectivity index (χ3n) is 2.78. The number of amides is 1. The van der Waals surface area contributed by atoms with Crippen molar-refractivity contribution in [3.05, 3.63) is 17.7 Å². The molecule has 8 nitrogen and oxygen atoms in total. The van der Waals surface area contributed by atoms with Crippen molar-refractivity contribution >= 4 is 24.5 Å². The number of carboxylic acids is 1.